The predicted molar refractivity (Wildman–Crippen MR) is 78.9 cm³/mol. The van der Waals surface area contributed by atoms with Gasteiger partial charge in [0.05, 0.1) is 11.9 Å². The van der Waals surface area contributed by atoms with E-state index in [1.807, 2.05) is 29.9 Å². The number of methoxy groups -OCH3 is 1. The van der Waals surface area contributed by atoms with Gasteiger partial charge in [-0.15, -0.1) is 0 Å². The van der Waals surface area contributed by atoms with Gasteiger partial charge in [-0.05, 0) is 19.1 Å². The number of aromatic nitrogens is 2. The molecular weight excluding hydrogens is 270 g/mol. The maximum absolute atomic E-state index is 10.4. The molecule has 0 radical (unpaired) electrons. The van der Waals surface area contributed by atoms with Crippen LogP contribution in [0.1, 0.15) is 31.0 Å². The van der Waals surface area contributed by atoms with E-state index in [1.54, 1.807) is 26.5 Å². The Kier molecular flexibility index (Phi) is 5.17. The fourth-order valence-corrected chi connectivity index (χ4v) is 2.16. The van der Waals surface area contributed by atoms with Crippen molar-refractivity contribution in [3.63, 3.8) is 0 Å². The summed E-state index contributed by atoms with van der Waals surface area (Å²) < 4.78 is 12.5. The molecule has 0 amide bonds. The van der Waals surface area contributed by atoms with Gasteiger partial charge in [-0.1, -0.05) is 0 Å². The second-order valence-corrected chi connectivity index (χ2v) is 5.47. The molecular formula is C15H23N3O3. The third-order valence-electron chi connectivity index (χ3n) is 3.48. The first-order valence-corrected chi connectivity index (χ1v) is 6.99. The van der Waals surface area contributed by atoms with Crippen molar-refractivity contribution < 1.29 is 14.3 Å². The van der Waals surface area contributed by atoms with Gasteiger partial charge in [0.25, 0.3) is 0 Å². The number of ether oxygens (including phenoxy) is 1. The first-order valence-electron chi connectivity index (χ1n) is 6.99. The Labute approximate surface area is 124 Å². The van der Waals surface area contributed by atoms with Gasteiger partial charge >= 0.3 is 0 Å². The van der Waals surface area contributed by atoms with Crippen LogP contribution in [0.2, 0.25) is 0 Å². The SMILES string of the molecule is COCCC(C)(O)CNC(c1ccco1)c1nccn1C. The fraction of sp³-hybridized carbons (Fsp3) is 0.533. The van der Waals surface area contributed by atoms with E-state index < -0.39 is 5.60 Å². The average molecular weight is 293 g/mol. The van der Waals surface area contributed by atoms with Crippen molar-refractivity contribution in [2.45, 2.75) is 25.0 Å². The van der Waals surface area contributed by atoms with Gasteiger partial charge < -0.3 is 18.8 Å². The number of aryl methyl sites for hydroxylation is 1. The molecule has 0 saturated heterocycles. The van der Waals surface area contributed by atoms with Crippen molar-refractivity contribution in [1.82, 2.24) is 14.9 Å². The zero-order valence-electron chi connectivity index (χ0n) is 12.7. The van der Waals surface area contributed by atoms with Gasteiger partial charge in [-0.2, -0.15) is 0 Å². The van der Waals surface area contributed by atoms with Crippen LogP contribution in [0.25, 0.3) is 0 Å². The number of imidazole rings is 1. The van der Waals surface area contributed by atoms with Crippen molar-refractivity contribution in [1.29, 1.82) is 0 Å². The second kappa shape index (κ2) is 6.89. The minimum atomic E-state index is -0.855. The Morgan fingerprint density at radius 1 is 1.57 bits per heavy atom. The number of rotatable bonds is 8. The molecule has 2 rings (SSSR count). The highest BCUT2D eigenvalue weighted by molar-refractivity contribution is 5.15. The molecule has 0 bridgehead atoms. The van der Waals surface area contributed by atoms with Crippen molar-refractivity contribution in [2.24, 2.45) is 7.05 Å². The van der Waals surface area contributed by atoms with E-state index in [9.17, 15) is 5.11 Å². The maximum atomic E-state index is 10.4. The number of furan rings is 1. The summed E-state index contributed by atoms with van der Waals surface area (Å²) in [5.74, 6) is 1.61. The summed E-state index contributed by atoms with van der Waals surface area (Å²) in [6.07, 6.45) is 5.82. The molecule has 0 aliphatic carbocycles. The fourth-order valence-electron chi connectivity index (χ4n) is 2.16. The van der Waals surface area contributed by atoms with E-state index in [-0.39, 0.29) is 6.04 Å². The average Bonchev–Trinajstić information content (AvgIpc) is 3.10. The molecule has 6 heteroatoms. The molecule has 2 atom stereocenters. The lowest BCUT2D eigenvalue weighted by atomic mass is 10.0. The van der Waals surface area contributed by atoms with Gasteiger partial charge in [0.2, 0.25) is 0 Å². The molecule has 116 valence electrons. The van der Waals surface area contributed by atoms with Gasteiger partial charge in [0, 0.05) is 46.1 Å². The molecule has 0 spiro atoms. The van der Waals surface area contributed by atoms with Crippen molar-refractivity contribution in [3.8, 4) is 0 Å². The standard InChI is InChI=1S/C15H23N3O3/c1-15(19,6-10-20-3)11-17-13(12-5-4-9-21-12)14-16-7-8-18(14)2/h4-5,7-9,13,17,19H,6,10-11H2,1-3H3. The largest absolute Gasteiger partial charge is 0.467 e. The Balaban J connectivity index is 2.09. The lowest BCUT2D eigenvalue weighted by Gasteiger charge is -2.26. The van der Waals surface area contributed by atoms with Gasteiger partial charge in [-0.25, -0.2) is 4.98 Å². The number of nitrogens with one attached hydrogen (secondary N) is 1. The van der Waals surface area contributed by atoms with Crippen LogP contribution in [-0.2, 0) is 11.8 Å². The van der Waals surface area contributed by atoms with Crippen LogP contribution in [0.5, 0.6) is 0 Å². The molecule has 0 aromatic carbocycles. The first-order chi connectivity index (χ1) is 10.0. The van der Waals surface area contributed by atoms with E-state index >= 15 is 0 Å². The van der Waals surface area contributed by atoms with E-state index in [0.717, 1.165) is 11.6 Å². The summed E-state index contributed by atoms with van der Waals surface area (Å²) >= 11 is 0. The van der Waals surface area contributed by atoms with Crippen LogP contribution in [0.4, 0.5) is 0 Å². The Bertz CT molecular complexity index is 534. The summed E-state index contributed by atoms with van der Waals surface area (Å²) in [6, 6.07) is 3.54. The molecule has 21 heavy (non-hydrogen) atoms. The van der Waals surface area contributed by atoms with Gasteiger partial charge in [0.15, 0.2) is 0 Å². The smallest absolute Gasteiger partial charge is 0.133 e. The molecule has 0 fully saturated rings. The van der Waals surface area contributed by atoms with Crippen molar-refractivity contribution >= 4 is 0 Å². The Hall–Kier alpha value is -1.63. The molecule has 2 aromatic heterocycles. The van der Waals surface area contributed by atoms with Crippen LogP contribution < -0.4 is 5.32 Å². The van der Waals surface area contributed by atoms with E-state index in [0.29, 0.717) is 19.6 Å². The second-order valence-electron chi connectivity index (χ2n) is 5.47. The molecule has 2 N–H and O–H groups in total. The Morgan fingerprint density at radius 3 is 2.95 bits per heavy atom. The summed E-state index contributed by atoms with van der Waals surface area (Å²) in [5.41, 5.74) is -0.855. The van der Waals surface area contributed by atoms with Crippen LogP contribution in [0.3, 0.4) is 0 Å². The third kappa shape index (κ3) is 4.17. The topological polar surface area (TPSA) is 72.5 Å². The number of aliphatic hydroxyl groups is 1. The normalized spacial score (nSPS) is 15.8. The quantitative estimate of drug-likeness (QED) is 0.771. The summed E-state index contributed by atoms with van der Waals surface area (Å²) in [4.78, 5) is 4.37. The lowest BCUT2D eigenvalue weighted by molar-refractivity contribution is 0.0229. The summed E-state index contributed by atoms with van der Waals surface area (Å²) in [6.45, 7) is 2.72. The van der Waals surface area contributed by atoms with Crippen LogP contribution in [0.15, 0.2) is 35.2 Å². The zero-order valence-corrected chi connectivity index (χ0v) is 12.7. The number of nitrogens with zero attached hydrogens (tertiary/aromatic N) is 2. The molecule has 0 saturated carbocycles. The summed E-state index contributed by atoms with van der Waals surface area (Å²) in [7, 11) is 3.56. The monoisotopic (exact) mass is 293 g/mol. The first kappa shape index (κ1) is 15.8. The maximum Gasteiger partial charge on any atom is 0.133 e. The number of hydrogen-bond acceptors (Lipinski definition) is 5. The zero-order chi connectivity index (χ0) is 15.3. The van der Waals surface area contributed by atoms with Gasteiger partial charge in [0.1, 0.15) is 17.6 Å². The van der Waals surface area contributed by atoms with E-state index in [2.05, 4.69) is 10.3 Å². The van der Waals surface area contributed by atoms with Crippen molar-refractivity contribution in [2.75, 3.05) is 20.3 Å². The van der Waals surface area contributed by atoms with Crippen LogP contribution in [-0.4, -0.2) is 40.5 Å². The highest BCUT2D eigenvalue weighted by atomic mass is 16.5. The van der Waals surface area contributed by atoms with E-state index in [4.69, 9.17) is 9.15 Å². The van der Waals surface area contributed by atoms with Crippen LogP contribution >= 0.6 is 0 Å². The molecule has 2 aromatic rings. The highest BCUT2D eigenvalue weighted by Gasteiger charge is 2.26. The number of hydrogen-bond donors (Lipinski definition) is 2. The van der Waals surface area contributed by atoms with Crippen LogP contribution in [0, 0.1) is 0 Å². The highest BCUT2D eigenvalue weighted by Crippen LogP contribution is 2.22. The molecule has 0 aliphatic heterocycles. The predicted octanol–water partition coefficient (Wildman–Crippen LogP) is 1.48. The molecule has 0 aliphatic rings. The minimum Gasteiger partial charge on any atom is -0.467 e. The third-order valence-corrected chi connectivity index (χ3v) is 3.48. The summed E-state index contributed by atoms with van der Waals surface area (Å²) in [5, 5.41) is 13.7. The van der Waals surface area contributed by atoms with E-state index in [1.165, 1.54) is 0 Å². The molecule has 2 heterocycles. The molecule has 6 nitrogen and oxygen atoms in total. The molecule has 2 unspecified atom stereocenters. The minimum absolute atomic E-state index is 0.200. The van der Waals surface area contributed by atoms with Crippen molar-refractivity contribution in [3.05, 3.63) is 42.4 Å². The lowest BCUT2D eigenvalue weighted by Crippen LogP contribution is -2.41. The van der Waals surface area contributed by atoms with Gasteiger partial charge in [-0.3, -0.25) is 5.32 Å². The Morgan fingerprint density at radius 2 is 2.38 bits per heavy atom.